The molecule has 0 saturated carbocycles. The van der Waals surface area contributed by atoms with Gasteiger partial charge in [-0.3, -0.25) is 25.2 Å². The SMILES string of the molecule is CCOc1ccc(CC(=O)NNC(=O)CCC(=O)Nc2ccccc2Cl)cc1OCC. The fraction of sp³-hybridized carbons (Fsp3) is 0.318. The first kappa shape index (κ1) is 24.0. The van der Waals surface area contributed by atoms with Crippen molar-refractivity contribution in [2.24, 2.45) is 0 Å². The largest absolute Gasteiger partial charge is 0.490 e. The van der Waals surface area contributed by atoms with E-state index in [1.165, 1.54) is 0 Å². The van der Waals surface area contributed by atoms with Crippen LogP contribution in [0, 0.1) is 0 Å². The number of carbonyl (C=O) groups excluding carboxylic acids is 3. The highest BCUT2D eigenvalue weighted by Crippen LogP contribution is 2.28. The lowest BCUT2D eigenvalue weighted by Gasteiger charge is -2.12. The second-order valence-electron chi connectivity index (χ2n) is 6.45. The Balaban J connectivity index is 1.76. The maximum Gasteiger partial charge on any atom is 0.242 e. The quantitative estimate of drug-likeness (QED) is 0.485. The Morgan fingerprint density at radius 1 is 0.839 bits per heavy atom. The number of rotatable bonds is 10. The number of ether oxygens (including phenoxy) is 2. The average molecular weight is 448 g/mol. The lowest BCUT2D eigenvalue weighted by Crippen LogP contribution is -2.42. The predicted molar refractivity (Wildman–Crippen MR) is 118 cm³/mol. The van der Waals surface area contributed by atoms with Gasteiger partial charge in [0.15, 0.2) is 11.5 Å². The van der Waals surface area contributed by atoms with E-state index in [2.05, 4.69) is 16.2 Å². The first-order valence-corrected chi connectivity index (χ1v) is 10.3. The summed E-state index contributed by atoms with van der Waals surface area (Å²) >= 11 is 5.98. The fourth-order valence-electron chi connectivity index (χ4n) is 2.64. The summed E-state index contributed by atoms with van der Waals surface area (Å²) in [6.07, 6.45) is -0.0998. The molecule has 166 valence electrons. The molecule has 0 atom stereocenters. The van der Waals surface area contributed by atoms with Crippen LogP contribution in [-0.4, -0.2) is 30.9 Å². The Morgan fingerprint density at radius 3 is 2.19 bits per heavy atom. The smallest absolute Gasteiger partial charge is 0.242 e. The molecule has 0 aromatic heterocycles. The first-order valence-electron chi connectivity index (χ1n) is 9.93. The Morgan fingerprint density at radius 2 is 1.48 bits per heavy atom. The number of benzene rings is 2. The maximum absolute atomic E-state index is 12.1. The van der Waals surface area contributed by atoms with Gasteiger partial charge in [-0.25, -0.2) is 0 Å². The summed E-state index contributed by atoms with van der Waals surface area (Å²) in [5.74, 6) is -0.0719. The van der Waals surface area contributed by atoms with Crippen LogP contribution in [0.3, 0.4) is 0 Å². The van der Waals surface area contributed by atoms with Gasteiger partial charge in [-0.05, 0) is 43.7 Å². The van der Waals surface area contributed by atoms with Gasteiger partial charge in [0.2, 0.25) is 17.7 Å². The molecule has 0 saturated heterocycles. The minimum absolute atomic E-state index is 0.0414. The number of hydrogen-bond acceptors (Lipinski definition) is 5. The molecule has 3 amide bonds. The molecule has 0 aliphatic carbocycles. The van der Waals surface area contributed by atoms with Crippen LogP contribution in [0.2, 0.25) is 5.02 Å². The highest BCUT2D eigenvalue weighted by Gasteiger charge is 2.12. The highest BCUT2D eigenvalue weighted by atomic mass is 35.5. The molecule has 0 heterocycles. The van der Waals surface area contributed by atoms with Gasteiger partial charge in [0.05, 0.1) is 30.3 Å². The Labute approximate surface area is 186 Å². The zero-order valence-corrected chi connectivity index (χ0v) is 18.3. The molecular formula is C22H26ClN3O5. The third-order valence-electron chi connectivity index (χ3n) is 4.04. The van der Waals surface area contributed by atoms with Crippen LogP contribution in [0.1, 0.15) is 32.3 Å². The van der Waals surface area contributed by atoms with Crippen molar-refractivity contribution in [2.45, 2.75) is 33.1 Å². The zero-order valence-electron chi connectivity index (χ0n) is 17.5. The van der Waals surface area contributed by atoms with Gasteiger partial charge in [-0.1, -0.05) is 29.8 Å². The molecule has 2 aromatic carbocycles. The minimum atomic E-state index is -0.482. The number of carbonyl (C=O) groups is 3. The summed E-state index contributed by atoms with van der Waals surface area (Å²) in [6, 6.07) is 12.0. The van der Waals surface area contributed by atoms with Gasteiger partial charge in [0, 0.05) is 12.8 Å². The van der Waals surface area contributed by atoms with Gasteiger partial charge in [-0.15, -0.1) is 0 Å². The Kier molecular flexibility index (Phi) is 9.64. The van der Waals surface area contributed by atoms with E-state index in [9.17, 15) is 14.4 Å². The number of halogens is 1. The minimum Gasteiger partial charge on any atom is -0.490 e. The number of nitrogens with one attached hydrogen (secondary N) is 3. The summed E-state index contributed by atoms with van der Waals surface area (Å²) in [4.78, 5) is 36.0. The van der Waals surface area contributed by atoms with E-state index in [4.69, 9.17) is 21.1 Å². The molecule has 0 bridgehead atoms. The molecule has 0 aliphatic rings. The van der Waals surface area contributed by atoms with Crippen molar-refractivity contribution in [1.29, 1.82) is 0 Å². The van der Waals surface area contributed by atoms with E-state index in [0.717, 1.165) is 0 Å². The van der Waals surface area contributed by atoms with Crippen LogP contribution in [0.5, 0.6) is 11.5 Å². The van der Waals surface area contributed by atoms with E-state index in [-0.39, 0.29) is 25.2 Å². The fourth-order valence-corrected chi connectivity index (χ4v) is 2.82. The third kappa shape index (κ3) is 8.18. The number of hydrogen-bond donors (Lipinski definition) is 3. The van der Waals surface area contributed by atoms with Crippen molar-refractivity contribution < 1.29 is 23.9 Å². The number of anilines is 1. The highest BCUT2D eigenvalue weighted by molar-refractivity contribution is 6.33. The average Bonchev–Trinajstić information content (AvgIpc) is 2.74. The molecular weight excluding hydrogens is 422 g/mol. The lowest BCUT2D eigenvalue weighted by atomic mass is 10.1. The van der Waals surface area contributed by atoms with E-state index < -0.39 is 11.8 Å². The Hall–Kier alpha value is -3.26. The lowest BCUT2D eigenvalue weighted by molar-refractivity contribution is -0.129. The van der Waals surface area contributed by atoms with Crippen LogP contribution in [-0.2, 0) is 20.8 Å². The second kappa shape index (κ2) is 12.4. The van der Waals surface area contributed by atoms with E-state index in [1.807, 2.05) is 13.8 Å². The van der Waals surface area contributed by atoms with Gasteiger partial charge in [-0.2, -0.15) is 0 Å². The molecule has 2 aromatic rings. The van der Waals surface area contributed by atoms with Crippen LogP contribution < -0.4 is 25.6 Å². The molecule has 0 radical (unpaired) electrons. The molecule has 0 aliphatic heterocycles. The number of para-hydroxylation sites is 1. The van der Waals surface area contributed by atoms with Crippen molar-refractivity contribution in [3.63, 3.8) is 0 Å². The second-order valence-corrected chi connectivity index (χ2v) is 6.86. The molecule has 3 N–H and O–H groups in total. The van der Waals surface area contributed by atoms with E-state index in [1.54, 1.807) is 42.5 Å². The molecule has 0 fully saturated rings. The van der Waals surface area contributed by atoms with Gasteiger partial charge in [0.25, 0.3) is 0 Å². The standard InChI is InChI=1S/C22H26ClN3O5/c1-3-30-18-10-9-15(13-19(18)31-4-2)14-22(29)26-25-21(28)12-11-20(27)24-17-8-6-5-7-16(17)23/h5-10,13H,3-4,11-12,14H2,1-2H3,(H,24,27)(H,25,28)(H,26,29). The molecule has 9 heteroatoms. The van der Waals surface area contributed by atoms with Gasteiger partial charge in [0.1, 0.15) is 0 Å². The predicted octanol–water partition coefficient (Wildman–Crippen LogP) is 3.25. The number of hydrazine groups is 1. The molecule has 0 spiro atoms. The molecule has 8 nitrogen and oxygen atoms in total. The first-order chi connectivity index (χ1) is 14.9. The topological polar surface area (TPSA) is 106 Å². The van der Waals surface area contributed by atoms with E-state index in [0.29, 0.717) is 41.0 Å². The number of amides is 3. The molecule has 31 heavy (non-hydrogen) atoms. The monoisotopic (exact) mass is 447 g/mol. The Bertz CT molecular complexity index is 920. The van der Waals surface area contributed by atoms with E-state index >= 15 is 0 Å². The van der Waals surface area contributed by atoms with Gasteiger partial charge < -0.3 is 14.8 Å². The van der Waals surface area contributed by atoms with Crippen molar-refractivity contribution in [1.82, 2.24) is 10.9 Å². The zero-order chi connectivity index (χ0) is 22.6. The summed E-state index contributed by atoms with van der Waals surface area (Å²) in [6.45, 7) is 4.71. The van der Waals surface area contributed by atoms with Crippen LogP contribution >= 0.6 is 11.6 Å². The summed E-state index contributed by atoms with van der Waals surface area (Å²) in [7, 11) is 0. The van der Waals surface area contributed by atoms with Crippen molar-refractivity contribution in [2.75, 3.05) is 18.5 Å². The maximum atomic E-state index is 12.1. The van der Waals surface area contributed by atoms with Crippen molar-refractivity contribution in [3.05, 3.63) is 53.1 Å². The van der Waals surface area contributed by atoms with Gasteiger partial charge >= 0.3 is 0 Å². The summed E-state index contributed by atoms with van der Waals surface area (Å²) in [5, 5.41) is 3.04. The van der Waals surface area contributed by atoms with Crippen LogP contribution in [0.15, 0.2) is 42.5 Å². The van der Waals surface area contributed by atoms with Crippen LogP contribution in [0.25, 0.3) is 0 Å². The summed E-state index contributed by atoms with van der Waals surface area (Å²) < 4.78 is 11.0. The van der Waals surface area contributed by atoms with Crippen LogP contribution in [0.4, 0.5) is 5.69 Å². The molecule has 2 rings (SSSR count). The molecule has 0 unspecified atom stereocenters. The summed E-state index contributed by atoms with van der Waals surface area (Å²) in [5.41, 5.74) is 5.83. The van der Waals surface area contributed by atoms with Crippen molar-refractivity contribution in [3.8, 4) is 11.5 Å². The van der Waals surface area contributed by atoms with Crippen molar-refractivity contribution >= 4 is 35.0 Å². The third-order valence-corrected chi connectivity index (χ3v) is 4.37. The normalized spacial score (nSPS) is 10.2.